The molecule has 82 valence electrons. The predicted octanol–water partition coefficient (Wildman–Crippen LogP) is 1.55. The molecule has 0 spiro atoms. The van der Waals surface area contributed by atoms with Crippen LogP contribution in [0.1, 0.15) is 11.4 Å². The number of aromatic amines is 1. The Bertz CT molecular complexity index is 633. The second kappa shape index (κ2) is 3.43. The van der Waals surface area contributed by atoms with E-state index < -0.39 is 0 Å². The molecule has 6 heteroatoms. The van der Waals surface area contributed by atoms with E-state index in [0.717, 1.165) is 27.6 Å². The lowest BCUT2D eigenvalue weighted by atomic mass is 10.2. The summed E-state index contributed by atoms with van der Waals surface area (Å²) in [5.41, 5.74) is 9.76. The van der Waals surface area contributed by atoms with Crippen molar-refractivity contribution in [1.29, 1.82) is 0 Å². The number of aromatic nitrogens is 4. The minimum absolute atomic E-state index is 0.470. The number of fused-ring (bicyclic) bond motifs is 1. The summed E-state index contributed by atoms with van der Waals surface area (Å²) in [5.74, 6) is 0. The van der Waals surface area contributed by atoms with Crippen LogP contribution in [-0.4, -0.2) is 19.6 Å². The van der Waals surface area contributed by atoms with Gasteiger partial charge in [0.25, 0.3) is 0 Å². The average molecular weight is 233 g/mol. The van der Waals surface area contributed by atoms with Gasteiger partial charge in [0.2, 0.25) is 0 Å². The van der Waals surface area contributed by atoms with Gasteiger partial charge in [0.15, 0.2) is 4.96 Å². The Hall–Kier alpha value is -1.66. The van der Waals surface area contributed by atoms with Crippen LogP contribution in [0, 0.1) is 6.92 Å². The first-order chi connectivity index (χ1) is 7.79. The molecule has 0 radical (unpaired) electrons. The summed E-state index contributed by atoms with van der Waals surface area (Å²) in [6.45, 7) is 2.48. The maximum absolute atomic E-state index is 5.58. The van der Waals surface area contributed by atoms with Crippen molar-refractivity contribution in [2.24, 2.45) is 5.73 Å². The van der Waals surface area contributed by atoms with Gasteiger partial charge in [0.1, 0.15) is 0 Å². The molecule has 0 atom stereocenters. The Labute approximate surface area is 95.9 Å². The van der Waals surface area contributed by atoms with E-state index in [0.29, 0.717) is 6.54 Å². The average Bonchev–Trinajstić information content (AvgIpc) is 2.92. The van der Waals surface area contributed by atoms with E-state index in [9.17, 15) is 0 Å². The third-order valence-corrected chi connectivity index (χ3v) is 3.41. The van der Waals surface area contributed by atoms with Crippen LogP contribution in [0.25, 0.3) is 16.2 Å². The van der Waals surface area contributed by atoms with Crippen molar-refractivity contribution in [3.05, 3.63) is 29.2 Å². The largest absolute Gasteiger partial charge is 0.325 e. The number of H-pyrrole nitrogens is 1. The zero-order valence-corrected chi connectivity index (χ0v) is 9.58. The maximum atomic E-state index is 5.58. The summed E-state index contributed by atoms with van der Waals surface area (Å²) in [6.07, 6.45) is 3.81. The molecule has 0 aliphatic heterocycles. The van der Waals surface area contributed by atoms with Gasteiger partial charge in [-0.2, -0.15) is 5.10 Å². The summed E-state index contributed by atoms with van der Waals surface area (Å²) < 4.78 is 2.06. The number of thiazole rings is 1. The Morgan fingerprint density at radius 1 is 1.56 bits per heavy atom. The van der Waals surface area contributed by atoms with Gasteiger partial charge < -0.3 is 5.73 Å². The number of nitrogens with zero attached hydrogens (tertiary/aromatic N) is 3. The highest BCUT2D eigenvalue weighted by atomic mass is 32.1. The molecule has 0 unspecified atom stereocenters. The van der Waals surface area contributed by atoms with Crippen molar-refractivity contribution in [2.45, 2.75) is 13.5 Å². The molecule has 0 bridgehead atoms. The van der Waals surface area contributed by atoms with Gasteiger partial charge in [-0.3, -0.25) is 9.50 Å². The van der Waals surface area contributed by atoms with Gasteiger partial charge in [-0.15, -0.1) is 11.3 Å². The van der Waals surface area contributed by atoms with Crippen molar-refractivity contribution in [2.75, 3.05) is 0 Å². The van der Waals surface area contributed by atoms with Crippen molar-refractivity contribution in [3.63, 3.8) is 0 Å². The highest BCUT2D eigenvalue weighted by Crippen LogP contribution is 2.27. The maximum Gasteiger partial charge on any atom is 0.194 e. The first-order valence-corrected chi connectivity index (χ1v) is 5.83. The predicted molar refractivity (Wildman–Crippen MR) is 63.3 cm³/mol. The van der Waals surface area contributed by atoms with Crippen molar-refractivity contribution >= 4 is 16.3 Å². The third-order valence-electron chi connectivity index (χ3n) is 2.57. The summed E-state index contributed by atoms with van der Waals surface area (Å²) in [7, 11) is 0. The SMILES string of the molecule is Cc1[nH]ncc1-c1csc2nc(CN)cn12. The van der Waals surface area contributed by atoms with E-state index in [2.05, 4.69) is 25.0 Å². The van der Waals surface area contributed by atoms with E-state index in [1.807, 2.05) is 19.3 Å². The van der Waals surface area contributed by atoms with Crippen LogP contribution in [0.3, 0.4) is 0 Å². The summed E-state index contributed by atoms with van der Waals surface area (Å²) in [5, 5.41) is 9.06. The van der Waals surface area contributed by atoms with Gasteiger partial charge >= 0.3 is 0 Å². The Kier molecular flexibility index (Phi) is 2.05. The second-order valence-corrected chi connectivity index (χ2v) is 4.46. The van der Waals surface area contributed by atoms with Crippen LogP contribution in [0.5, 0.6) is 0 Å². The lowest BCUT2D eigenvalue weighted by molar-refractivity contribution is 1.02. The molecule has 0 saturated heterocycles. The minimum atomic E-state index is 0.470. The fourth-order valence-electron chi connectivity index (χ4n) is 1.73. The van der Waals surface area contributed by atoms with Crippen LogP contribution in [0.15, 0.2) is 17.8 Å². The van der Waals surface area contributed by atoms with E-state index in [-0.39, 0.29) is 0 Å². The number of rotatable bonds is 2. The molecule has 0 aromatic carbocycles. The fraction of sp³-hybridized carbons (Fsp3) is 0.200. The lowest BCUT2D eigenvalue weighted by Crippen LogP contribution is -1.95. The van der Waals surface area contributed by atoms with Crippen LogP contribution >= 0.6 is 11.3 Å². The fourth-order valence-corrected chi connectivity index (χ4v) is 2.62. The summed E-state index contributed by atoms with van der Waals surface area (Å²) >= 11 is 1.61. The smallest absolute Gasteiger partial charge is 0.194 e. The number of imidazole rings is 1. The van der Waals surface area contributed by atoms with E-state index >= 15 is 0 Å². The van der Waals surface area contributed by atoms with Crippen LogP contribution < -0.4 is 5.73 Å². The zero-order chi connectivity index (χ0) is 11.1. The molecule has 16 heavy (non-hydrogen) atoms. The van der Waals surface area contributed by atoms with Gasteiger partial charge in [0, 0.05) is 29.4 Å². The second-order valence-electron chi connectivity index (χ2n) is 3.62. The lowest BCUT2D eigenvalue weighted by Gasteiger charge is -1.96. The molecule has 0 amide bonds. The third kappa shape index (κ3) is 1.27. The quantitative estimate of drug-likeness (QED) is 0.705. The first-order valence-electron chi connectivity index (χ1n) is 4.95. The standard InChI is InChI=1S/C10H11N5S/c1-6-8(3-12-14-6)9-5-16-10-13-7(2-11)4-15(9)10/h3-5H,2,11H2,1H3,(H,12,14). The number of hydrogen-bond acceptors (Lipinski definition) is 4. The highest BCUT2D eigenvalue weighted by Gasteiger charge is 2.11. The van der Waals surface area contributed by atoms with E-state index in [1.165, 1.54) is 0 Å². The Morgan fingerprint density at radius 3 is 3.12 bits per heavy atom. The molecular formula is C10H11N5S. The molecular weight excluding hydrogens is 222 g/mol. The van der Waals surface area contributed by atoms with Gasteiger partial charge in [-0.25, -0.2) is 4.98 Å². The molecule has 3 N–H and O–H groups in total. The van der Waals surface area contributed by atoms with Crippen molar-refractivity contribution in [1.82, 2.24) is 19.6 Å². The molecule has 3 aromatic heterocycles. The number of aryl methyl sites for hydroxylation is 1. The van der Waals surface area contributed by atoms with Gasteiger partial charge in [-0.1, -0.05) is 0 Å². The molecule has 3 aromatic rings. The number of hydrogen-bond donors (Lipinski definition) is 2. The van der Waals surface area contributed by atoms with Gasteiger partial charge in [-0.05, 0) is 6.92 Å². The minimum Gasteiger partial charge on any atom is -0.325 e. The monoisotopic (exact) mass is 233 g/mol. The van der Waals surface area contributed by atoms with E-state index in [4.69, 9.17) is 5.73 Å². The molecule has 0 saturated carbocycles. The normalized spacial score (nSPS) is 11.4. The molecule has 0 fully saturated rings. The Morgan fingerprint density at radius 2 is 2.44 bits per heavy atom. The highest BCUT2D eigenvalue weighted by molar-refractivity contribution is 7.15. The zero-order valence-electron chi connectivity index (χ0n) is 8.77. The van der Waals surface area contributed by atoms with E-state index in [1.54, 1.807) is 11.3 Å². The van der Waals surface area contributed by atoms with Crippen LogP contribution in [-0.2, 0) is 6.54 Å². The summed E-state index contributed by atoms with van der Waals surface area (Å²) in [6, 6.07) is 0. The van der Waals surface area contributed by atoms with Crippen molar-refractivity contribution in [3.8, 4) is 11.3 Å². The Balaban J connectivity index is 2.24. The van der Waals surface area contributed by atoms with Crippen LogP contribution in [0.4, 0.5) is 0 Å². The van der Waals surface area contributed by atoms with Crippen molar-refractivity contribution < 1.29 is 0 Å². The van der Waals surface area contributed by atoms with Crippen LogP contribution in [0.2, 0.25) is 0 Å². The number of nitrogens with two attached hydrogens (primary N) is 1. The topological polar surface area (TPSA) is 72.0 Å². The van der Waals surface area contributed by atoms with Gasteiger partial charge in [0.05, 0.1) is 17.6 Å². The first kappa shape index (κ1) is 9.56. The summed E-state index contributed by atoms with van der Waals surface area (Å²) in [4.78, 5) is 5.39. The molecule has 3 rings (SSSR count). The molecule has 3 heterocycles. The number of nitrogens with one attached hydrogen (secondary N) is 1. The molecule has 0 aliphatic carbocycles. The molecule has 5 nitrogen and oxygen atoms in total. The molecule has 0 aliphatic rings.